The lowest BCUT2D eigenvalue weighted by Crippen LogP contribution is -2.11. The van der Waals surface area contributed by atoms with Crippen molar-refractivity contribution in [1.82, 2.24) is 10.3 Å². The van der Waals surface area contributed by atoms with Crippen LogP contribution in [-0.2, 0) is 6.54 Å². The van der Waals surface area contributed by atoms with Crippen molar-refractivity contribution in [1.29, 1.82) is 0 Å². The fourth-order valence-corrected chi connectivity index (χ4v) is 3.85. The van der Waals surface area contributed by atoms with Gasteiger partial charge >= 0.3 is 0 Å². The maximum absolute atomic E-state index is 4.48. The number of nitrogens with one attached hydrogen (secondary N) is 1. The van der Waals surface area contributed by atoms with Gasteiger partial charge < -0.3 is 5.32 Å². The Morgan fingerprint density at radius 2 is 2.22 bits per heavy atom. The molecule has 0 aliphatic rings. The van der Waals surface area contributed by atoms with Crippen LogP contribution < -0.4 is 5.32 Å². The van der Waals surface area contributed by atoms with Crippen molar-refractivity contribution in [3.63, 3.8) is 0 Å². The molecule has 1 N–H and O–H groups in total. The Bertz CT molecular complexity index is 654. The molecule has 4 heteroatoms. The van der Waals surface area contributed by atoms with Crippen LogP contribution in [0.1, 0.15) is 11.9 Å². The van der Waals surface area contributed by atoms with E-state index in [4.69, 9.17) is 0 Å². The van der Waals surface area contributed by atoms with E-state index in [2.05, 4.69) is 46.9 Å². The Balaban J connectivity index is 1.98. The molecule has 0 spiro atoms. The van der Waals surface area contributed by atoms with Crippen LogP contribution in [0.4, 0.5) is 0 Å². The van der Waals surface area contributed by atoms with E-state index in [0.717, 1.165) is 18.1 Å². The molecule has 0 atom stereocenters. The first-order chi connectivity index (χ1) is 8.88. The Morgan fingerprint density at radius 3 is 3.11 bits per heavy atom. The summed E-state index contributed by atoms with van der Waals surface area (Å²) in [5, 5.41) is 7.93. The first-order valence-corrected chi connectivity index (χ1v) is 7.70. The molecule has 18 heavy (non-hydrogen) atoms. The predicted molar refractivity (Wildman–Crippen MR) is 80.3 cm³/mol. The SMILES string of the molecule is CCNCc1ncc(-c2cccc3ccsc23)s1. The van der Waals surface area contributed by atoms with Gasteiger partial charge in [0.2, 0.25) is 0 Å². The third-order valence-electron chi connectivity index (χ3n) is 2.82. The van der Waals surface area contributed by atoms with Crippen LogP contribution in [0.2, 0.25) is 0 Å². The summed E-state index contributed by atoms with van der Waals surface area (Å²) in [5.74, 6) is 0. The third-order valence-corrected chi connectivity index (χ3v) is 4.82. The van der Waals surface area contributed by atoms with E-state index in [-0.39, 0.29) is 0 Å². The zero-order valence-corrected chi connectivity index (χ0v) is 11.8. The normalized spacial score (nSPS) is 11.2. The summed E-state index contributed by atoms with van der Waals surface area (Å²) >= 11 is 3.58. The number of thiophene rings is 1. The van der Waals surface area contributed by atoms with Gasteiger partial charge in [0.1, 0.15) is 5.01 Å². The maximum Gasteiger partial charge on any atom is 0.107 e. The van der Waals surface area contributed by atoms with Crippen molar-refractivity contribution >= 4 is 32.8 Å². The second-order valence-corrected chi connectivity index (χ2v) is 6.07. The fraction of sp³-hybridized carbons (Fsp3) is 0.214. The number of thiazole rings is 1. The summed E-state index contributed by atoms with van der Waals surface area (Å²) in [7, 11) is 0. The van der Waals surface area contributed by atoms with Crippen molar-refractivity contribution in [2.24, 2.45) is 0 Å². The molecule has 0 saturated heterocycles. The molecule has 0 saturated carbocycles. The van der Waals surface area contributed by atoms with Gasteiger partial charge in [0.05, 0.1) is 4.88 Å². The van der Waals surface area contributed by atoms with Gasteiger partial charge in [-0.1, -0.05) is 25.1 Å². The van der Waals surface area contributed by atoms with Gasteiger partial charge in [-0.15, -0.1) is 22.7 Å². The Morgan fingerprint density at radius 1 is 1.28 bits per heavy atom. The van der Waals surface area contributed by atoms with Crippen molar-refractivity contribution in [3.05, 3.63) is 40.8 Å². The quantitative estimate of drug-likeness (QED) is 0.773. The first kappa shape index (κ1) is 11.8. The number of nitrogens with zero attached hydrogens (tertiary/aromatic N) is 1. The van der Waals surface area contributed by atoms with Gasteiger partial charge in [0, 0.05) is 23.0 Å². The predicted octanol–water partition coefficient (Wildman–Crippen LogP) is 4.13. The number of hydrogen-bond donors (Lipinski definition) is 1. The molecule has 2 aromatic heterocycles. The highest BCUT2D eigenvalue weighted by molar-refractivity contribution is 7.19. The van der Waals surface area contributed by atoms with Crippen molar-refractivity contribution in [2.45, 2.75) is 13.5 Å². The van der Waals surface area contributed by atoms with Crippen LogP contribution in [0.5, 0.6) is 0 Å². The van der Waals surface area contributed by atoms with Crippen LogP contribution >= 0.6 is 22.7 Å². The summed E-state index contributed by atoms with van der Waals surface area (Å²) in [5.41, 5.74) is 1.31. The van der Waals surface area contributed by atoms with E-state index < -0.39 is 0 Å². The largest absolute Gasteiger partial charge is 0.311 e. The van der Waals surface area contributed by atoms with Gasteiger partial charge in [-0.25, -0.2) is 4.98 Å². The number of hydrogen-bond acceptors (Lipinski definition) is 4. The Kier molecular flexibility index (Phi) is 3.41. The molecule has 2 nitrogen and oxygen atoms in total. The lowest BCUT2D eigenvalue weighted by atomic mass is 10.1. The zero-order chi connectivity index (χ0) is 12.4. The fourth-order valence-electron chi connectivity index (χ4n) is 1.94. The molecule has 0 aliphatic heterocycles. The van der Waals surface area contributed by atoms with Crippen LogP contribution in [0.25, 0.3) is 20.5 Å². The molecule has 0 bridgehead atoms. The van der Waals surface area contributed by atoms with Crippen molar-refractivity contribution in [2.75, 3.05) is 6.54 Å². The van der Waals surface area contributed by atoms with Gasteiger partial charge in [-0.2, -0.15) is 0 Å². The molecular weight excluding hydrogens is 260 g/mol. The maximum atomic E-state index is 4.48. The minimum Gasteiger partial charge on any atom is -0.311 e. The lowest BCUT2D eigenvalue weighted by Gasteiger charge is -1.99. The molecular formula is C14H14N2S2. The Labute approximate surface area is 114 Å². The van der Waals surface area contributed by atoms with E-state index in [0.29, 0.717) is 0 Å². The van der Waals surface area contributed by atoms with E-state index in [1.165, 1.54) is 20.5 Å². The van der Waals surface area contributed by atoms with Crippen LogP contribution in [0.15, 0.2) is 35.8 Å². The van der Waals surface area contributed by atoms with Crippen LogP contribution in [-0.4, -0.2) is 11.5 Å². The first-order valence-electron chi connectivity index (χ1n) is 6.00. The Hall–Kier alpha value is -1.23. The van der Waals surface area contributed by atoms with Crippen LogP contribution in [0.3, 0.4) is 0 Å². The molecule has 0 fully saturated rings. The smallest absolute Gasteiger partial charge is 0.107 e. The molecule has 0 radical (unpaired) electrons. The van der Waals surface area contributed by atoms with E-state index in [1.54, 1.807) is 22.7 Å². The minimum absolute atomic E-state index is 0.863. The third kappa shape index (κ3) is 2.19. The number of rotatable bonds is 4. The molecule has 3 aromatic rings. The topological polar surface area (TPSA) is 24.9 Å². The van der Waals surface area contributed by atoms with Gasteiger partial charge in [0.15, 0.2) is 0 Å². The number of benzene rings is 1. The summed E-state index contributed by atoms with van der Waals surface area (Å²) in [6.45, 7) is 3.96. The summed E-state index contributed by atoms with van der Waals surface area (Å²) in [4.78, 5) is 5.74. The highest BCUT2D eigenvalue weighted by Gasteiger charge is 2.08. The molecule has 2 heterocycles. The van der Waals surface area contributed by atoms with E-state index in [1.807, 2.05) is 6.20 Å². The number of aromatic nitrogens is 1. The highest BCUT2D eigenvalue weighted by Crippen LogP contribution is 2.35. The van der Waals surface area contributed by atoms with Crippen molar-refractivity contribution in [3.8, 4) is 10.4 Å². The molecule has 0 amide bonds. The molecule has 92 valence electrons. The van der Waals surface area contributed by atoms with Crippen LogP contribution in [0, 0.1) is 0 Å². The average Bonchev–Trinajstić information content (AvgIpc) is 3.04. The average molecular weight is 274 g/mol. The number of fused-ring (bicyclic) bond motifs is 1. The molecule has 1 aromatic carbocycles. The monoisotopic (exact) mass is 274 g/mol. The zero-order valence-electron chi connectivity index (χ0n) is 10.1. The van der Waals surface area contributed by atoms with Gasteiger partial charge in [-0.3, -0.25) is 0 Å². The minimum atomic E-state index is 0.863. The molecule has 0 unspecified atom stereocenters. The van der Waals surface area contributed by atoms with Gasteiger partial charge in [-0.05, 0) is 23.4 Å². The van der Waals surface area contributed by atoms with E-state index in [9.17, 15) is 0 Å². The van der Waals surface area contributed by atoms with Gasteiger partial charge in [0.25, 0.3) is 0 Å². The summed E-state index contributed by atoms with van der Waals surface area (Å²) in [6.07, 6.45) is 1.99. The summed E-state index contributed by atoms with van der Waals surface area (Å²) in [6, 6.07) is 8.64. The van der Waals surface area contributed by atoms with Crippen molar-refractivity contribution < 1.29 is 0 Å². The second kappa shape index (κ2) is 5.18. The second-order valence-electron chi connectivity index (χ2n) is 4.04. The summed E-state index contributed by atoms with van der Waals surface area (Å²) < 4.78 is 1.36. The lowest BCUT2D eigenvalue weighted by molar-refractivity contribution is 0.722. The molecule has 3 rings (SSSR count). The van der Waals surface area contributed by atoms with E-state index >= 15 is 0 Å². The highest BCUT2D eigenvalue weighted by atomic mass is 32.1. The molecule has 0 aliphatic carbocycles. The standard InChI is InChI=1S/C14H14N2S2/c1-2-15-9-13-16-8-12(18-13)11-5-3-4-10-6-7-17-14(10)11/h3-8,15H,2,9H2,1H3.